The molecule has 0 aromatic heterocycles. The minimum absolute atomic E-state index is 0.0861. The van der Waals surface area contributed by atoms with Crippen molar-refractivity contribution in [3.05, 3.63) is 0 Å². The van der Waals surface area contributed by atoms with Crippen LogP contribution in [0.5, 0.6) is 0 Å². The topological polar surface area (TPSA) is 68.2 Å². The number of nitrogens with zero attached hydrogens (tertiary/aromatic N) is 2. The molecule has 1 aliphatic heterocycles. The lowest BCUT2D eigenvalue weighted by Gasteiger charge is -2.26. The van der Waals surface area contributed by atoms with E-state index in [4.69, 9.17) is 5.26 Å². The van der Waals surface area contributed by atoms with Crippen LogP contribution in [0, 0.1) is 11.3 Å². The number of nitrogens with one attached hydrogen (secondary N) is 2. The molecule has 0 aliphatic carbocycles. The number of hydrogen-bond acceptors (Lipinski definition) is 3. The average molecular weight is 272 g/mol. The van der Waals surface area contributed by atoms with Crippen molar-refractivity contribution in [2.75, 3.05) is 32.7 Å². The molecule has 0 radical (unpaired) electrons. The maximum absolute atomic E-state index is 11.2. The number of carbonyl (C=O) groups excluding carboxylic acids is 1. The van der Waals surface area contributed by atoms with Crippen molar-refractivity contribution >= 4 is 6.03 Å². The molecule has 5 nitrogen and oxygen atoms in total. The lowest BCUT2D eigenvalue weighted by molar-refractivity contribution is 0.191. The van der Waals surface area contributed by atoms with Crippen LogP contribution in [-0.4, -0.2) is 43.7 Å². The van der Waals surface area contributed by atoms with E-state index in [2.05, 4.69) is 24.5 Å². The first-order valence-electron chi connectivity index (χ1n) is 7.36. The van der Waals surface area contributed by atoms with E-state index in [0.717, 1.165) is 26.2 Å². The van der Waals surface area contributed by atoms with Gasteiger partial charge in [0.25, 0.3) is 0 Å². The molecule has 1 rings (SSSR count). The second-order valence-corrected chi connectivity index (χ2v) is 3.26. The molecule has 114 valence electrons. The Balaban J connectivity index is -0.000000313. The first-order chi connectivity index (χ1) is 9.26. The highest BCUT2D eigenvalue weighted by atomic mass is 16.2. The fourth-order valence-corrected chi connectivity index (χ4v) is 1.09. The highest BCUT2D eigenvalue weighted by molar-refractivity contribution is 5.74. The highest BCUT2D eigenvalue weighted by Crippen LogP contribution is 1.91. The van der Waals surface area contributed by atoms with Gasteiger partial charge < -0.3 is 15.5 Å². The van der Waals surface area contributed by atoms with Gasteiger partial charge in [-0.1, -0.05) is 48.0 Å². The minimum atomic E-state index is -0.141. The molecule has 1 fully saturated rings. The molecule has 2 N–H and O–H groups in total. The van der Waals surface area contributed by atoms with Gasteiger partial charge in [-0.25, -0.2) is 4.79 Å². The predicted molar refractivity (Wildman–Crippen MR) is 82.1 cm³/mol. The Labute approximate surface area is 119 Å². The normalized spacial score (nSPS) is 12.2. The number of hydrogen-bond donors (Lipinski definition) is 2. The zero-order valence-corrected chi connectivity index (χ0v) is 13.5. The van der Waals surface area contributed by atoms with E-state index in [1.165, 1.54) is 6.42 Å². The van der Waals surface area contributed by atoms with Gasteiger partial charge in [0.1, 0.15) is 6.54 Å². The highest BCUT2D eigenvalue weighted by Gasteiger charge is 2.14. The largest absolute Gasteiger partial charge is 0.325 e. The van der Waals surface area contributed by atoms with Crippen LogP contribution in [0.2, 0.25) is 0 Å². The van der Waals surface area contributed by atoms with Crippen molar-refractivity contribution in [2.24, 2.45) is 0 Å². The number of urea groups is 1. The van der Waals surface area contributed by atoms with E-state index in [-0.39, 0.29) is 12.6 Å². The van der Waals surface area contributed by atoms with Crippen LogP contribution in [0.4, 0.5) is 4.79 Å². The second kappa shape index (κ2) is 21.9. The maximum atomic E-state index is 11.2. The molecule has 0 spiro atoms. The fourth-order valence-electron chi connectivity index (χ4n) is 1.09. The van der Waals surface area contributed by atoms with Gasteiger partial charge in [-0.05, 0) is 0 Å². The standard InChI is InChI=1S/C7H12N4O.C3H8.2C2H6/c8-1-2-10-7(12)11-5-3-9-4-6-11;1-3-2;2*1-2/h9H,2-6H2,(H,10,12);3H2,1-2H3;2*1-2H3. The molecule has 19 heavy (non-hydrogen) atoms. The number of rotatable bonds is 1. The van der Waals surface area contributed by atoms with Gasteiger partial charge >= 0.3 is 6.03 Å². The average Bonchev–Trinajstić information content (AvgIpc) is 2.50. The number of amides is 2. The van der Waals surface area contributed by atoms with E-state index < -0.39 is 0 Å². The summed E-state index contributed by atoms with van der Waals surface area (Å²) in [5, 5.41) is 13.9. The molecule has 1 saturated heterocycles. The first-order valence-corrected chi connectivity index (χ1v) is 7.36. The van der Waals surface area contributed by atoms with E-state index in [0.29, 0.717) is 0 Å². The van der Waals surface area contributed by atoms with Gasteiger partial charge in [0.15, 0.2) is 0 Å². The quantitative estimate of drug-likeness (QED) is 0.721. The molecule has 1 heterocycles. The lowest BCUT2D eigenvalue weighted by atomic mass is 10.4. The molecule has 0 bridgehead atoms. The van der Waals surface area contributed by atoms with Crippen molar-refractivity contribution in [2.45, 2.75) is 48.0 Å². The predicted octanol–water partition coefficient (Wildman–Crippen LogP) is 2.59. The van der Waals surface area contributed by atoms with Crippen LogP contribution in [0.1, 0.15) is 48.0 Å². The molecule has 0 aromatic carbocycles. The summed E-state index contributed by atoms with van der Waals surface area (Å²) in [7, 11) is 0. The van der Waals surface area contributed by atoms with Crippen LogP contribution in [0.25, 0.3) is 0 Å². The Morgan fingerprint density at radius 2 is 1.63 bits per heavy atom. The Morgan fingerprint density at radius 3 is 2.00 bits per heavy atom. The van der Waals surface area contributed by atoms with E-state index in [1.807, 2.05) is 33.8 Å². The molecule has 0 aromatic rings. The molecule has 2 amide bonds. The summed E-state index contributed by atoms with van der Waals surface area (Å²) in [5.74, 6) is 0. The minimum Gasteiger partial charge on any atom is -0.325 e. The van der Waals surface area contributed by atoms with Gasteiger partial charge in [-0.3, -0.25) is 0 Å². The third-order valence-electron chi connectivity index (χ3n) is 1.72. The summed E-state index contributed by atoms with van der Waals surface area (Å²) in [6.07, 6.45) is 1.25. The number of nitriles is 1. The number of carbonyl (C=O) groups is 1. The first kappa shape index (κ1) is 22.9. The Bertz CT molecular complexity index is 208. The second-order valence-electron chi connectivity index (χ2n) is 3.26. The van der Waals surface area contributed by atoms with Crippen LogP contribution >= 0.6 is 0 Å². The summed E-state index contributed by atoms with van der Waals surface area (Å²) in [4.78, 5) is 12.9. The monoisotopic (exact) mass is 272 g/mol. The van der Waals surface area contributed by atoms with Crippen molar-refractivity contribution in [1.29, 1.82) is 5.26 Å². The van der Waals surface area contributed by atoms with E-state index in [1.54, 1.807) is 4.90 Å². The third kappa shape index (κ3) is 16.7. The van der Waals surface area contributed by atoms with Gasteiger partial charge in [0.2, 0.25) is 0 Å². The van der Waals surface area contributed by atoms with Gasteiger partial charge in [0, 0.05) is 26.2 Å². The summed E-state index contributed by atoms with van der Waals surface area (Å²) >= 11 is 0. The Hall–Kier alpha value is -1.28. The molecule has 5 heteroatoms. The molecular weight excluding hydrogens is 240 g/mol. The SMILES string of the molecule is CC.CC.CCC.N#CCNC(=O)N1CCNCC1. The zero-order valence-electron chi connectivity index (χ0n) is 13.5. The van der Waals surface area contributed by atoms with Crippen LogP contribution < -0.4 is 10.6 Å². The molecule has 0 unspecified atom stereocenters. The fraction of sp³-hybridized carbons (Fsp3) is 0.857. The van der Waals surface area contributed by atoms with Crippen molar-refractivity contribution in [3.63, 3.8) is 0 Å². The smallest absolute Gasteiger partial charge is 0.318 e. The maximum Gasteiger partial charge on any atom is 0.318 e. The summed E-state index contributed by atoms with van der Waals surface area (Å²) in [6.45, 7) is 15.4. The molecule has 0 saturated carbocycles. The van der Waals surface area contributed by atoms with Crippen molar-refractivity contribution < 1.29 is 4.79 Å². The lowest BCUT2D eigenvalue weighted by Crippen LogP contribution is -2.50. The molecule has 1 aliphatic rings. The third-order valence-corrected chi connectivity index (χ3v) is 1.72. The van der Waals surface area contributed by atoms with Crippen LogP contribution in [0.3, 0.4) is 0 Å². The van der Waals surface area contributed by atoms with E-state index >= 15 is 0 Å². The summed E-state index contributed by atoms with van der Waals surface area (Å²) in [5.41, 5.74) is 0. The van der Waals surface area contributed by atoms with Crippen LogP contribution in [0.15, 0.2) is 0 Å². The summed E-state index contributed by atoms with van der Waals surface area (Å²) in [6, 6.07) is 1.72. The number of piperazine rings is 1. The van der Waals surface area contributed by atoms with Gasteiger partial charge in [-0.2, -0.15) is 5.26 Å². The van der Waals surface area contributed by atoms with Crippen LogP contribution in [-0.2, 0) is 0 Å². The molecule has 0 atom stereocenters. The van der Waals surface area contributed by atoms with Crippen molar-refractivity contribution in [3.8, 4) is 6.07 Å². The zero-order chi connectivity index (χ0) is 15.5. The van der Waals surface area contributed by atoms with Crippen molar-refractivity contribution in [1.82, 2.24) is 15.5 Å². The summed E-state index contributed by atoms with van der Waals surface area (Å²) < 4.78 is 0. The van der Waals surface area contributed by atoms with E-state index in [9.17, 15) is 4.79 Å². The van der Waals surface area contributed by atoms with Gasteiger partial charge in [0.05, 0.1) is 6.07 Å². The Morgan fingerprint density at radius 1 is 1.21 bits per heavy atom. The molecular formula is C14H32N4O. The Kier molecular flexibility index (Phi) is 26.4. The van der Waals surface area contributed by atoms with Gasteiger partial charge in [-0.15, -0.1) is 0 Å².